The van der Waals surface area contributed by atoms with Crippen LogP contribution in [0.15, 0.2) is 47.5 Å². The molecule has 0 saturated heterocycles. The zero-order valence-corrected chi connectivity index (χ0v) is 12.0. The summed E-state index contributed by atoms with van der Waals surface area (Å²) in [5.74, 6) is 0.659. The number of hydrogen-bond donors (Lipinski definition) is 1. The van der Waals surface area contributed by atoms with Crippen molar-refractivity contribution in [3.05, 3.63) is 70.0 Å². The molecule has 5 nitrogen and oxygen atoms in total. The number of aromatic amines is 1. The lowest BCUT2D eigenvalue weighted by molar-refractivity contribution is 0.768. The summed E-state index contributed by atoms with van der Waals surface area (Å²) in [5.41, 5.74) is 3.66. The van der Waals surface area contributed by atoms with E-state index in [-0.39, 0.29) is 5.56 Å². The van der Waals surface area contributed by atoms with Gasteiger partial charge in [0.05, 0.1) is 11.9 Å². The van der Waals surface area contributed by atoms with Gasteiger partial charge in [-0.3, -0.25) is 9.48 Å². The van der Waals surface area contributed by atoms with Crippen LogP contribution in [-0.2, 0) is 13.5 Å². The maximum Gasteiger partial charge on any atom is 0.251 e. The minimum absolute atomic E-state index is 0.147. The summed E-state index contributed by atoms with van der Waals surface area (Å²) in [5, 5.41) is 4.11. The van der Waals surface area contributed by atoms with Gasteiger partial charge in [-0.15, -0.1) is 0 Å². The largest absolute Gasteiger partial charge is 0.310 e. The Labute approximate surface area is 122 Å². The van der Waals surface area contributed by atoms with Gasteiger partial charge in [0.2, 0.25) is 0 Å². The number of aryl methyl sites for hydroxylation is 2. The zero-order chi connectivity index (χ0) is 14.8. The summed E-state index contributed by atoms with van der Waals surface area (Å²) >= 11 is 0. The molecule has 3 rings (SSSR count). The smallest absolute Gasteiger partial charge is 0.251 e. The number of hydrogen-bond acceptors (Lipinski definition) is 3. The van der Waals surface area contributed by atoms with E-state index in [2.05, 4.69) is 21.1 Å². The average molecular weight is 280 g/mol. The van der Waals surface area contributed by atoms with E-state index < -0.39 is 0 Å². The summed E-state index contributed by atoms with van der Waals surface area (Å²) in [6.07, 6.45) is 4.15. The predicted molar refractivity (Wildman–Crippen MR) is 81.0 cm³/mol. The lowest BCUT2D eigenvalue weighted by Gasteiger charge is -2.04. The van der Waals surface area contributed by atoms with Gasteiger partial charge in [0.25, 0.3) is 5.56 Å². The van der Waals surface area contributed by atoms with Crippen LogP contribution < -0.4 is 5.56 Å². The van der Waals surface area contributed by atoms with Crippen molar-refractivity contribution in [2.45, 2.75) is 13.3 Å². The first-order valence-corrected chi connectivity index (χ1v) is 6.75. The molecule has 21 heavy (non-hydrogen) atoms. The van der Waals surface area contributed by atoms with Gasteiger partial charge in [-0.05, 0) is 12.5 Å². The summed E-state index contributed by atoms with van der Waals surface area (Å²) in [6, 6.07) is 9.68. The number of rotatable bonds is 3. The molecule has 0 spiro atoms. The monoisotopic (exact) mass is 280 g/mol. The van der Waals surface area contributed by atoms with Crippen LogP contribution >= 0.6 is 0 Å². The lowest BCUT2D eigenvalue weighted by Crippen LogP contribution is -2.11. The predicted octanol–water partition coefficient (Wildman–Crippen LogP) is 2.07. The Morgan fingerprint density at radius 3 is 2.86 bits per heavy atom. The Bertz CT molecular complexity index is 832. The van der Waals surface area contributed by atoms with E-state index in [1.165, 1.54) is 11.6 Å². The van der Waals surface area contributed by atoms with Gasteiger partial charge >= 0.3 is 0 Å². The Balaban J connectivity index is 1.96. The molecule has 0 unspecified atom stereocenters. The molecule has 5 heteroatoms. The Morgan fingerprint density at radius 1 is 1.29 bits per heavy atom. The highest BCUT2D eigenvalue weighted by molar-refractivity contribution is 5.56. The van der Waals surface area contributed by atoms with Crippen molar-refractivity contribution in [2.75, 3.05) is 0 Å². The molecule has 0 amide bonds. The van der Waals surface area contributed by atoms with Crippen LogP contribution in [0.1, 0.15) is 17.0 Å². The van der Waals surface area contributed by atoms with Gasteiger partial charge in [0, 0.05) is 31.3 Å². The summed E-state index contributed by atoms with van der Waals surface area (Å²) in [7, 11) is 1.84. The summed E-state index contributed by atoms with van der Waals surface area (Å²) < 4.78 is 1.69. The molecular weight excluding hydrogens is 264 g/mol. The molecule has 2 aromatic heterocycles. The van der Waals surface area contributed by atoms with Crippen molar-refractivity contribution in [1.29, 1.82) is 0 Å². The van der Waals surface area contributed by atoms with Crippen LogP contribution in [0.4, 0.5) is 0 Å². The molecule has 0 bridgehead atoms. The van der Waals surface area contributed by atoms with E-state index in [0.29, 0.717) is 17.9 Å². The van der Waals surface area contributed by atoms with Crippen LogP contribution in [0, 0.1) is 6.92 Å². The van der Waals surface area contributed by atoms with Crippen molar-refractivity contribution < 1.29 is 0 Å². The maximum absolute atomic E-state index is 11.8. The molecule has 106 valence electrons. The fourth-order valence-electron chi connectivity index (χ4n) is 2.31. The van der Waals surface area contributed by atoms with Crippen molar-refractivity contribution in [3.8, 4) is 11.3 Å². The second-order valence-electron chi connectivity index (χ2n) is 5.15. The SMILES string of the molecule is Cc1cccc(Cc2nc(-c3cnn(C)c3)cc(=O)[nH]2)c1. The van der Waals surface area contributed by atoms with Gasteiger partial charge in [0.1, 0.15) is 5.82 Å². The van der Waals surface area contributed by atoms with Crippen LogP contribution in [0.2, 0.25) is 0 Å². The third-order valence-corrected chi connectivity index (χ3v) is 3.25. The molecule has 0 radical (unpaired) electrons. The van der Waals surface area contributed by atoms with Crippen molar-refractivity contribution >= 4 is 0 Å². The second-order valence-corrected chi connectivity index (χ2v) is 5.15. The molecule has 2 heterocycles. The maximum atomic E-state index is 11.8. The minimum Gasteiger partial charge on any atom is -0.310 e. The normalized spacial score (nSPS) is 10.8. The van der Waals surface area contributed by atoms with Gasteiger partial charge in [-0.25, -0.2) is 4.98 Å². The highest BCUT2D eigenvalue weighted by Gasteiger charge is 2.07. The fraction of sp³-hybridized carbons (Fsp3) is 0.188. The van der Waals surface area contributed by atoms with Gasteiger partial charge in [-0.2, -0.15) is 5.10 Å². The molecule has 0 saturated carbocycles. The molecule has 1 aromatic carbocycles. The van der Waals surface area contributed by atoms with Crippen LogP contribution in [0.5, 0.6) is 0 Å². The Kier molecular flexibility index (Phi) is 3.39. The number of nitrogens with zero attached hydrogens (tertiary/aromatic N) is 3. The molecule has 0 atom stereocenters. The summed E-state index contributed by atoms with van der Waals surface area (Å²) in [4.78, 5) is 19.2. The van der Waals surface area contributed by atoms with Gasteiger partial charge in [0.15, 0.2) is 0 Å². The van der Waals surface area contributed by atoms with E-state index in [1.807, 2.05) is 38.4 Å². The van der Waals surface area contributed by atoms with Crippen LogP contribution in [-0.4, -0.2) is 19.7 Å². The van der Waals surface area contributed by atoms with Crippen molar-refractivity contribution in [2.24, 2.45) is 7.05 Å². The highest BCUT2D eigenvalue weighted by Crippen LogP contribution is 2.15. The second kappa shape index (κ2) is 5.36. The Morgan fingerprint density at radius 2 is 2.14 bits per heavy atom. The van der Waals surface area contributed by atoms with E-state index in [0.717, 1.165) is 11.1 Å². The fourth-order valence-corrected chi connectivity index (χ4v) is 2.31. The van der Waals surface area contributed by atoms with Crippen LogP contribution in [0.3, 0.4) is 0 Å². The van der Waals surface area contributed by atoms with E-state index in [4.69, 9.17) is 0 Å². The molecular formula is C16H16N4O. The first kappa shape index (κ1) is 13.3. The highest BCUT2D eigenvalue weighted by atomic mass is 16.1. The molecule has 0 fully saturated rings. The van der Waals surface area contributed by atoms with Gasteiger partial charge < -0.3 is 4.98 Å². The first-order valence-electron chi connectivity index (χ1n) is 6.75. The lowest BCUT2D eigenvalue weighted by atomic mass is 10.1. The molecule has 3 aromatic rings. The number of H-pyrrole nitrogens is 1. The first-order chi connectivity index (χ1) is 10.1. The standard InChI is InChI=1S/C16H16N4O/c1-11-4-3-5-12(6-11)7-15-18-14(8-16(21)19-15)13-9-17-20(2)10-13/h3-6,8-10H,7H2,1-2H3,(H,18,19,21). The quantitative estimate of drug-likeness (QED) is 0.799. The molecule has 1 N–H and O–H groups in total. The average Bonchev–Trinajstić information content (AvgIpc) is 2.85. The topological polar surface area (TPSA) is 63.6 Å². The molecule has 0 aliphatic carbocycles. The minimum atomic E-state index is -0.147. The molecule has 0 aliphatic rings. The van der Waals surface area contributed by atoms with E-state index in [1.54, 1.807) is 10.9 Å². The third-order valence-electron chi connectivity index (χ3n) is 3.25. The molecule has 0 aliphatic heterocycles. The Hall–Kier alpha value is -2.69. The zero-order valence-electron chi connectivity index (χ0n) is 12.0. The van der Waals surface area contributed by atoms with Crippen molar-refractivity contribution in [3.63, 3.8) is 0 Å². The van der Waals surface area contributed by atoms with E-state index >= 15 is 0 Å². The van der Waals surface area contributed by atoms with Crippen LogP contribution in [0.25, 0.3) is 11.3 Å². The number of benzene rings is 1. The van der Waals surface area contributed by atoms with Crippen molar-refractivity contribution in [1.82, 2.24) is 19.7 Å². The van der Waals surface area contributed by atoms with Gasteiger partial charge in [-0.1, -0.05) is 29.8 Å². The summed E-state index contributed by atoms with van der Waals surface area (Å²) in [6.45, 7) is 2.05. The number of nitrogens with one attached hydrogen (secondary N) is 1. The third kappa shape index (κ3) is 3.08. The van der Waals surface area contributed by atoms with E-state index in [9.17, 15) is 4.79 Å². The number of aromatic nitrogens is 4.